The second kappa shape index (κ2) is 6.68. The van der Waals surface area contributed by atoms with Crippen LogP contribution < -0.4 is 10.2 Å². The number of hydrogen-bond acceptors (Lipinski definition) is 8. The topological polar surface area (TPSA) is 115 Å². The lowest BCUT2D eigenvalue weighted by Crippen LogP contribution is -2.08. The first-order chi connectivity index (χ1) is 13.1. The number of esters is 1. The number of nitrogens with zero attached hydrogens (tertiary/aromatic N) is 3. The third kappa shape index (κ3) is 3.23. The maximum atomic E-state index is 12.1. The third-order valence-corrected chi connectivity index (χ3v) is 3.74. The summed E-state index contributed by atoms with van der Waals surface area (Å²) in [6, 6.07) is 8.72. The zero-order chi connectivity index (χ0) is 18.8. The van der Waals surface area contributed by atoms with Gasteiger partial charge in [0.2, 0.25) is 5.43 Å². The molecule has 0 saturated carbocycles. The summed E-state index contributed by atoms with van der Waals surface area (Å²) in [5, 5.41) is 10.2. The van der Waals surface area contributed by atoms with Gasteiger partial charge in [-0.25, -0.2) is 14.8 Å². The van der Waals surface area contributed by atoms with Crippen molar-refractivity contribution in [1.82, 2.24) is 15.0 Å². The number of pyridine rings is 1. The molecule has 0 fully saturated rings. The number of ether oxygens (including phenoxy) is 1. The van der Waals surface area contributed by atoms with E-state index in [2.05, 4.69) is 15.0 Å². The average molecular weight is 361 g/mol. The van der Waals surface area contributed by atoms with E-state index >= 15 is 0 Å². The SMILES string of the molecule is O=C(Oc1ccc(-c2cc(=O)c3ncncc3o2)cc1O)c1cccnc1. The molecule has 4 rings (SSSR count). The second-order valence-electron chi connectivity index (χ2n) is 5.52. The Balaban J connectivity index is 1.66. The summed E-state index contributed by atoms with van der Waals surface area (Å²) in [7, 11) is 0. The molecule has 4 aromatic rings. The van der Waals surface area contributed by atoms with Gasteiger partial charge in [0.15, 0.2) is 22.6 Å². The number of phenols is 1. The molecule has 0 radical (unpaired) electrons. The van der Waals surface area contributed by atoms with Gasteiger partial charge in [-0.3, -0.25) is 9.78 Å². The van der Waals surface area contributed by atoms with E-state index in [-0.39, 0.29) is 39.4 Å². The first kappa shape index (κ1) is 16.4. The van der Waals surface area contributed by atoms with Crippen LogP contribution in [0.3, 0.4) is 0 Å². The second-order valence-corrected chi connectivity index (χ2v) is 5.52. The Morgan fingerprint density at radius 2 is 2.00 bits per heavy atom. The monoisotopic (exact) mass is 361 g/mol. The summed E-state index contributed by atoms with van der Waals surface area (Å²) in [5.41, 5.74) is 0.741. The zero-order valence-electron chi connectivity index (χ0n) is 13.7. The fourth-order valence-electron chi connectivity index (χ4n) is 2.45. The van der Waals surface area contributed by atoms with Crippen molar-refractivity contribution in [1.29, 1.82) is 0 Å². The van der Waals surface area contributed by atoms with E-state index in [1.807, 2.05) is 0 Å². The first-order valence-corrected chi connectivity index (χ1v) is 7.81. The highest BCUT2D eigenvalue weighted by Crippen LogP contribution is 2.32. The number of aromatic nitrogens is 3. The maximum absolute atomic E-state index is 12.1. The van der Waals surface area contributed by atoms with Crippen molar-refractivity contribution in [2.24, 2.45) is 0 Å². The predicted molar refractivity (Wildman–Crippen MR) is 94.4 cm³/mol. The van der Waals surface area contributed by atoms with Crippen molar-refractivity contribution in [3.8, 4) is 22.8 Å². The highest BCUT2D eigenvalue weighted by atomic mass is 16.5. The van der Waals surface area contributed by atoms with Crippen molar-refractivity contribution in [3.05, 3.63) is 77.1 Å². The largest absolute Gasteiger partial charge is 0.504 e. The summed E-state index contributed by atoms with van der Waals surface area (Å²) in [6.07, 6.45) is 5.54. The van der Waals surface area contributed by atoms with Gasteiger partial charge in [0.1, 0.15) is 12.1 Å². The van der Waals surface area contributed by atoms with Gasteiger partial charge in [-0.05, 0) is 30.3 Å². The lowest BCUT2D eigenvalue weighted by molar-refractivity contribution is 0.0729. The first-order valence-electron chi connectivity index (χ1n) is 7.81. The molecule has 0 amide bonds. The van der Waals surface area contributed by atoms with Crippen LogP contribution in [0.4, 0.5) is 0 Å². The Morgan fingerprint density at radius 1 is 1.11 bits per heavy atom. The summed E-state index contributed by atoms with van der Waals surface area (Å²) >= 11 is 0. The molecule has 0 bridgehead atoms. The van der Waals surface area contributed by atoms with Gasteiger partial charge >= 0.3 is 5.97 Å². The van der Waals surface area contributed by atoms with Crippen LogP contribution in [0.15, 0.2) is 70.5 Å². The van der Waals surface area contributed by atoms with Crippen LogP contribution in [0.2, 0.25) is 0 Å². The molecular formula is C19H11N3O5. The predicted octanol–water partition coefficient (Wildman–Crippen LogP) is 2.57. The molecule has 0 spiro atoms. The maximum Gasteiger partial charge on any atom is 0.345 e. The summed E-state index contributed by atoms with van der Waals surface area (Å²) in [6.45, 7) is 0. The Hall–Kier alpha value is -4.07. The van der Waals surface area contributed by atoms with E-state index in [4.69, 9.17) is 9.15 Å². The zero-order valence-corrected chi connectivity index (χ0v) is 13.7. The van der Waals surface area contributed by atoms with Gasteiger partial charge in [-0.15, -0.1) is 0 Å². The Bertz CT molecular complexity index is 1200. The molecule has 0 saturated heterocycles. The van der Waals surface area contributed by atoms with Crippen molar-refractivity contribution < 1.29 is 19.1 Å². The molecule has 0 unspecified atom stereocenters. The fraction of sp³-hybridized carbons (Fsp3) is 0. The average Bonchev–Trinajstić information content (AvgIpc) is 2.70. The molecule has 3 aromatic heterocycles. The normalized spacial score (nSPS) is 10.7. The van der Waals surface area contributed by atoms with Crippen molar-refractivity contribution in [3.63, 3.8) is 0 Å². The third-order valence-electron chi connectivity index (χ3n) is 3.74. The van der Waals surface area contributed by atoms with Crippen LogP contribution in [0, 0.1) is 0 Å². The fourth-order valence-corrected chi connectivity index (χ4v) is 2.45. The molecule has 27 heavy (non-hydrogen) atoms. The van der Waals surface area contributed by atoms with E-state index in [0.717, 1.165) is 0 Å². The number of aromatic hydroxyl groups is 1. The van der Waals surface area contributed by atoms with Gasteiger partial charge in [-0.2, -0.15) is 0 Å². The number of carbonyl (C=O) groups is 1. The highest BCUT2D eigenvalue weighted by Gasteiger charge is 2.14. The van der Waals surface area contributed by atoms with E-state index in [1.165, 1.54) is 43.1 Å². The quantitative estimate of drug-likeness (QED) is 0.437. The molecule has 8 heteroatoms. The van der Waals surface area contributed by atoms with Crippen molar-refractivity contribution >= 4 is 17.1 Å². The molecule has 1 N–H and O–H groups in total. The standard InChI is InChI=1S/C19H11N3O5/c23-13-6-11(16-7-14(24)18-17(26-16)9-21-10-22-18)3-4-15(13)27-19(25)12-2-1-5-20-8-12/h1-10,23H. The minimum absolute atomic E-state index is 0.0286. The Labute approximate surface area is 151 Å². The minimum Gasteiger partial charge on any atom is -0.504 e. The lowest BCUT2D eigenvalue weighted by atomic mass is 10.1. The summed E-state index contributed by atoms with van der Waals surface area (Å²) in [5.74, 6) is -0.737. The van der Waals surface area contributed by atoms with Crippen molar-refractivity contribution in [2.75, 3.05) is 0 Å². The number of hydrogen-bond donors (Lipinski definition) is 1. The van der Waals surface area contributed by atoms with Crippen LogP contribution >= 0.6 is 0 Å². The minimum atomic E-state index is -0.652. The van der Waals surface area contributed by atoms with Crippen LogP contribution in [0.25, 0.3) is 22.4 Å². The molecule has 0 aliphatic carbocycles. The molecule has 0 atom stereocenters. The summed E-state index contributed by atoms with van der Waals surface area (Å²) in [4.78, 5) is 35.8. The van der Waals surface area contributed by atoms with Gasteiger partial charge in [0, 0.05) is 24.0 Å². The van der Waals surface area contributed by atoms with Gasteiger partial charge in [0.05, 0.1) is 11.8 Å². The summed E-state index contributed by atoms with van der Waals surface area (Å²) < 4.78 is 10.8. The number of fused-ring (bicyclic) bond motifs is 1. The molecule has 8 nitrogen and oxygen atoms in total. The molecule has 1 aromatic carbocycles. The molecule has 132 valence electrons. The van der Waals surface area contributed by atoms with Crippen LogP contribution in [0.1, 0.15) is 10.4 Å². The van der Waals surface area contributed by atoms with E-state index < -0.39 is 5.97 Å². The highest BCUT2D eigenvalue weighted by molar-refractivity contribution is 5.91. The Morgan fingerprint density at radius 3 is 2.78 bits per heavy atom. The van der Waals surface area contributed by atoms with Gasteiger partial charge in [-0.1, -0.05) is 0 Å². The van der Waals surface area contributed by atoms with E-state index in [0.29, 0.717) is 5.56 Å². The number of benzene rings is 1. The van der Waals surface area contributed by atoms with E-state index in [1.54, 1.807) is 18.2 Å². The lowest BCUT2D eigenvalue weighted by Gasteiger charge is -2.08. The Kier molecular flexibility index (Phi) is 4.06. The number of rotatable bonds is 3. The van der Waals surface area contributed by atoms with Crippen LogP contribution in [-0.4, -0.2) is 26.0 Å². The molecule has 0 aliphatic heterocycles. The molecular weight excluding hydrogens is 350 g/mol. The van der Waals surface area contributed by atoms with E-state index in [9.17, 15) is 14.7 Å². The number of carbonyl (C=O) groups excluding carboxylic acids is 1. The number of phenolic OH excluding ortho intramolecular Hbond substituents is 1. The van der Waals surface area contributed by atoms with Gasteiger partial charge in [0.25, 0.3) is 0 Å². The van der Waals surface area contributed by atoms with Crippen LogP contribution in [0.5, 0.6) is 11.5 Å². The van der Waals surface area contributed by atoms with Crippen molar-refractivity contribution in [2.45, 2.75) is 0 Å². The molecule has 0 aliphatic rings. The van der Waals surface area contributed by atoms with Crippen LogP contribution in [-0.2, 0) is 0 Å². The smallest absolute Gasteiger partial charge is 0.345 e. The van der Waals surface area contributed by atoms with Gasteiger partial charge < -0.3 is 14.3 Å². The molecule has 3 heterocycles.